The molecule has 198 valence electrons. The van der Waals surface area contributed by atoms with Crippen molar-refractivity contribution in [3.05, 3.63) is 76.7 Å². The normalized spacial score (nSPS) is 18.4. The van der Waals surface area contributed by atoms with Gasteiger partial charge < -0.3 is 24.8 Å². The van der Waals surface area contributed by atoms with E-state index in [0.717, 1.165) is 87.6 Å². The lowest BCUT2D eigenvalue weighted by molar-refractivity contribution is 0.0393. The first-order valence-electron chi connectivity index (χ1n) is 13.7. The third-order valence-electron chi connectivity index (χ3n) is 7.94. The molecule has 3 aromatic rings. The number of amides is 2. The minimum atomic E-state index is -0.134. The fraction of sp³-hybridized carbons (Fsp3) is 0.400. The Kier molecular flexibility index (Phi) is 6.91. The van der Waals surface area contributed by atoms with E-state index in [9.17, 15) is 9.59 Å². The van der Waals surface area contributed by atoms with E-state index < -0.39 is 0 Å². The molecule has 3 aliphatic heterocycles. The van der Waals surface area contributed by atoms with Crippen LogP contribution in [0.3, 0.4) is 0 Å². The maximum Gasteiger partial charge on any atom is 0.267 e. The van der Waals surface area contributed by atoms with Gasteiger partial charge in [-0.1, -0.05) is 24.3 Å². The van der Waals surface area contributed by atoms with Gasteiger partial charge in [-0.25, -0.2) is 0 Å². The third-order valence-corrected chi connectivity index (χ3v) is 7.94. The number of nitrogens with zero attached hydrogens (tertiary/aromatic N) is 3. The second-order valence-electron chi connectivity index (χ2n) is 10.4. The molecule has 1 fully saturated rings. The summed E-state index contributed by atoms with van der Waals surface area (Å²) in [6.07, 6.45) is 2.70. The number of para-hydroxylation sites is 1. The molecule has 0 aliphatic carbocycles. The van der Waals surface area contributed by atoms with Crippen LogP contribution in [-0.4, -0.2) is 67.2 Å². The van der Waals surface area contributed by atoms with Crippen LogP contribution in [0.4, 0.5) is 5.69 Å². The number of benzene rings is 2. The van der Waals surface area contributed by atoms with Gasteiger partial charge in [-0.2, -0.15) is 0 Å². The minimum Gasteiger partial charge on any atom is -0.379 e. The molecule has 1 aromatic heterocycles. The van der Waals surface area contributed by atoms with Gasteiger partial charge in [-0.05, 0) is 61.6 Å². The van der Waals surface area contributed by atoms with Crippen molar-refractivity contribution in [1.82, 2.24) is 20.1 Å². The Hall–Kier alpha value is -3.62. The zero-order valence-electron chi connectivity index (χ0n) is 22.0. The smallest absolute Gasteiger partial charge is 0.267 e. The Morgan fingerprint density at radius 2 is 1.87 bits per heavy atom. The molecule has 6 rings (SSSR count). The highest BCUT2D eigenvalue weighted by Gasteiger charge is 2.25. The Labute approximate surface area is 223 Å². The molecule has 0 saturated carbocycles. The number of rotatable bonds is 5. The SMILES string of the molecule is CC1=C(NC(=O)c2ccc3cc4n(c3c2)CCCNC4=O)N(CCN2CCOCC2)c2ccccc2CC1. The molecule has 0 unspecified atom stereocenters. The molecule has 38 heavy (non-hydrogen) atoms. The first-order valence-corrected chi connectivity index (χ1v) is 13.7. The average Bonchev–Trinajstić information content (AvgIpc) is 3.13. The fourth-order valence-corrected chi connectivity index (χ4v) is 5.78. The largest absolute Gasteiger partial charge is 0.379 e. The Morgan fingerprint density at radius 3 is 2.74 bits per heavy atom. The Morgan fingerprint density at radius 1 is 1.03 bits per heavy atom. The van der Waals surface area contributed by atoms with Crippen molar-refractivity contribution in [1.29, 1.82) is 0 Å². The number of carbonyl (C=O) groups is 2. The van der Waals surface area contributed by atoms with E-state index in [4.69, 9.17) is 4.74 Å². The molecule has 2 N–H and O–H groups in total. The second-order valence-corrected chi connectivity index (χ2v) is 10.4. The quantitative estimate of drug-likeness (QED) is 0.546. The number of anilines is 1. The van der Waals surface area contributed by atoms with Crippen LogP contribution in [0.5, 0.6) is 0 Å². The van der Waals surface area contributed by atoms with Crippen molar-refractivity contribution in [2.45, 2.75) is 32.7 Å². The molecule has 8 nitrogen and oxygen atoms in total. The first-order chi connectivity index (χ1) is 18.6. The second kappa shape index (κ2) is 10.6. The highest BCUT2D eigenvalue weighted by Crippen LogP contribution is 2.31. The number of fused-ring (bicyclic) bond motifs is 4. The zero-order chi connectivity index (χ0) is 26.1. The van der Waals surface area contributed by atoms with Crippen molar-refractivity contribution in [3.8, 4) is 0 Å². The first kappa shape index (κ1) is 24.7. The number of allylic oxidation sites excluding steroid dienone is 1. The van der Waals surface area contributed by atoms with Gasteiger partial charge in [0.1, 0.15) is 11.5 Å². The summed E-state index contributed by atoms with van der Waals surface area (Å²) >= 11 is 0. The molecule has 8 heteroatoms. The van der Waals surface area contributed by atoms with E-state index in [1.807, 2.05) is 28.8 Å². The van der Waals surface area contributed by atoms with Crippen LogP contribution < -0.4 is 15.5 Å². The van der Waals surface area contributed by atoms with Crippen LogP contribution in [0, 0.1) is 0 Å². The van der Waals surface area contributed by atoms with E-state index in [0.29, 0.717) is 17.8 Å². The van der Waals surface area contributed by atoms with Crippen LogP contribution >= 0.6 is 0 Å². The van der Waals surface area contributed by atoms with Gasteiger partial charge in [0.25, 0.3) is 11.8 Å². The standard InChI is InChI=1S/C30H35N5O3/c1-21-7-8-22-5-2-3-6-25(22)35(14-13-33-15-17-38-18-16-33)28(21)32-29(36)24-10-9-23-19-27-30(37)31-11-4-12-34(27)26(23)20-24/h2-3,5-6,9-10,19-20H,4,7-8,11-18H2,1H3,(H,31,37)(H,32,36). The topological polar surface area (TPSA) is 78.8 Å². The lowest BCUT2D eigenvalue weighted by Crippen LogP contribution is -2.44. The summed E-state index contributed by atoms with van der Waals surface area (Å²) in [5.41, 5.74) is 5.80. The number of hydrogen-bond donors (Lipinski definition) is 2. The van der Waals surface area contributed by atoms with Crippen LogP contribution in [0.1, 0.15) is 46.2 Å². The summed E-state index contributed by atoms with van der Waals surface area (Å²) in [7, 11) is 0. The van der Waals surface area contributed by atoms with Crippen LogP contribution in [0.2, 0.25) is 0 Å². The van der Waals surface area contributed by atoms with Gasteiger partial charge in [-0.15, -0.1) is 0 Å². The van der Waals surface area contributed by atoms with E-state index in [2.05, 4.69) is 51.6 Å². The summed E-state index contributed by atoms with van der Waals surface area (Å²) in [6, 6.07) is 16.2. The predicted molar refractivity (Wildman–Crippen MR) is 148 cm³/mol. The van der Waals surface area contributed by atoms with Crippen molar-refractivity contribution in [3.63, 3.8) is 0 Å². The summed E-state index contributed by atoms with van der Waals surface area (Å²) < 4.78 is 7.57. The third kappa shape index (κ3) is 4.81. The van der Waals surface area contributed by atoms with E-state index in [1.165, 1.54) is 11.1 Å². The molecule has 0 bridgehead atoms. The lowest BCUT2D eigenvalue weighted by Gasteiger charge is -2.33. The van der Waals surface area contributed by atoms with E-state index in [-0.39, 0.29) is 11.8 Å². The fourth-order valence-electron chi connectivity index (χ4n) is 5.78. The molecular weight excluding hydrogens is 478 g/mol. The summed E-state index contributed by atoms with van der Waals surface area (Å²) in [4.78, 5) is 30.9. The Bertz CT molecular complexity index is 1400. The van der Waals surface area contributed by atoms with Gasteiger partial charge in [0, 0.05) is 61.4 Å². The van der Waals surface area contributed by atoms with Crippen molar-refractivity contribution in [2.24, 2.45) is 0 Å². The number of carbonyl (C=O) groups excluding carboxylic acids is 2. The molecular formula is C30H35N5O3. The number of aryl methyl sites for hydroxylation is 2. The lowest BCUT2D eigenvalue weighted by atomic mass is 10.1. The van der Waals surface area contributed by atoms with Crippen LogP contribution in [-0.2, 0) is 17.7 Å². The summed E-state index contributed by atoms with van der Waals surface area (Å²) in [5, 5.41) is 7.22. The predicted octanol–water partition coefficient (Wildman–Crippen LogP) is 3.52. The molecule has 1 saturated heterocycles. The molecule has 2 aromatic carbocycles. The number of morpholine rings is 1. The molecule has 0 radical (unpaired) electrons. The maximum absolute atomic E-state index is 13.7. The number of hydrogen-bond acceptors (Lipinski definition) is 5. The molecule has 4 heterocycles. The molecule has 0 spiro atoms. The Balaban J connectivity index is 1.30. The average molecular weight is 514 g/mol. The minimum absolute atomic E-state index is 0.0569. The summed E-state index contributed by atoms with van der Waals surface area (Å²) in [5.74, 6) is 0.686. The molecule has 0 atom stereocenters. The van der Waals surface area contributed by atoms with Gasteiger partial charge in [0.2, 0.25) is 0 Å². The monoisotopic (exact) mass is 513 g/mol. The molecule has 2 amide bonds. The van der Waals surface area contributed by atoms with Crippen molar-refractivity contribution >= 4 is 28.4 Å². The number of nitrogens with one attached hydrogen (secondary N) is 2. The van der Waals surface area contributed by atoms with Gasteiger partial charge in [-0.3, -0.25) is 14.5 Å². The maximum atomic E-state index is 13.7. The van der Waals surface area contributed by atoms with Crippen LogP contribution in [0.25, 0.3) is 10.9 Å². The highest BCUT2D eigenvalue weighted by molar-refractivity contribution is 6.02. The van der Waals surface area contributed by atoms with Gasteiger partial charge >= 0.3 is 0 Å². The number of ether oxygens (including phenoxy) is 1. The van der Waals surface area contributed by atoms with Crippen molar-refractivity contribution < 1.29 is 14.3 Å². The van der Waals surface area contributed by atoms with Crippen molar-refractivity contribution in [2.75, 3.05) is 50.8 Å². The molecule has 3 aliphatic rings. The van der Waals surface area contributed by atoms with Gasteiger partial charge in [0.05, 0.1) is 13.2 Å². The highest BCUT2D eigenvalue weighted by atomic mass is 16.5. The number of aromatic nitrogens is 1. The van der Waals surface area contributed by atoms with E-state index >= 15 is 0 Å². The van der Waals surface area contributed by atoms with E-state index in [1.54, 1.807) is 0 Å². The summed E-state index contributed by atoms with van der Waals surface area (Å²) in [6.45, 7) is 8.61. The zero-order valence-corrected chi connectivity index (χ0v) is 22.0. The van der Waals surface area contributed by atoms with Gasteiger partial charge in [0.15, 0.2) is 0 Å². The van der Waals surface area contributed by atoms with Crippen LogP contribution in [0.15, 0.2) is 59.9 Å².